The molecule has 0 atom stereocenters. The third-order valence-electron chi connectivity index (χ3n) is 2.92. The quantitative estimate of drug-likeness (QED) is 0.684. The summed E-state index contributed by atoms with van der Waals surface area (Å²) in [6.45, 7) is 0.694. The minimum absolute atomic E-state index is 0.201. The van der Waals surface area contributed by atoms with E-state index < -0.39 is 11.9 Å². The Hall–Kier alpha value is -2.09. The monoisotopic (exact) mass is 342 g/mol. The van der Waals surface area contributed by atoms with Gasteiger partial charge in [-0.25, -0.2) is 9.98 Å². The molecule has 0 unspecified atom stereocenters. The second-order valence-corrected chi connectivity index (χ2v) is 5.94. The zero-order chi connectivity index (χ0) is 16.9. The fourth-order valence-corrected chi connectivity index (χ4v) is 2.52. The lowest BCUT2D eigenvalue weighted by Crippen LogP contribution is -2.36. The standard InChI is InChI=1S/C15H17F3N4S/c1-22(2)14(19-8-11-6-4-3-5-7-11)20-9-13-21-12(10-23-13)15(16,17)18/h3-7,10H,8-9H2,1-2H3,(H,19,20). The van der Waals surface area contributed by atoms with E-state index in [-0.39, 0.29) is 6.54 Å². The van der Waals surface area contributed by atoms with Crippen LogP contribution in [0.4, 0.5) is 13.2 Å². The summed E-state index contributed by atoms with van der Waals surface area (Å²) in [6, 6.07) is 9.73. The number of alkyl halides is 3. The topological polar surface area (TPSA) is 40.5 Å². The average Bonchev–Trinajstić information content (AvgIpc) is 2.97. The van der Waals surface area contributed by atoms with Crippen molar-refractivity contribution in [1.82, 2.24) is 15.2 Å². The fourth-order valence-electron chi connectivity index (χ4n) is 1.78. The molecule has 0 amide bonds. The maximum atomic E-state index is 12.5. The van der Waals surface area contributed by atoms with E-state index in [4.69, 9.17) is 0 Å². The molecule has 4 nitrogen and oxygen atoms in total. The van der Waals surface area contributed by atoms with Gasteiger partial charge in [0, 0.05) is 19.5 Å². The van der Waals surface area contributed by atoms with Gasteiger partial charge in [-0.15, -0.1) is 11.3 Å². The first kappa shape index (κ1) is 17.3. The van der Waals surface area contributed by atoms with E-state index >= 15 is 0 Å². The van der Waals surface area contributed by atoms with Gasteiger partial charge in [-0.1, -0.05) is 30.3 Å². The van der Waals surface area contributed by atoms with Crippen LogP contribution in [0.2, 0.25) is 0 Å². The van der Waals surface area contributed by atoms with E-state index in [2.05, 4.69) is 15.3 Å². The molecule has 1 aromatic carbocycles. The molecule has 1 N–H and O–H groups in total. The molecule has 1 heterocycles. The van der Waals surface area contributed by atoms with Crippen LogP contribution < -0.4 is 5.32 Å². The number of aromatic nitrogens is 1. The van der Waals surface area contributed by atoms with Crippen LogP contribution >= 0.6 is 11.3 Å². The summed E-state index contributed by atoms with van der Waals surface area (Å²) in [5.41, 5.74) is 0.203. The van der Waals surface area contributed by atoms with Crippen molar-refractivity contribution in [2.45, 2.75) is 19.3 Å². The molecule has 8 heteroatoms. The lowest BCUT2D eigenvalue weighted by atomic mass is 10.2. The molecule has 0 saturated carbocycles. The lowest BCUT2D eigenvalue weighted by molar-refractivity contribution is -0.140. The third-order valence-corrected chi connectivity index (χ3v) is 3.77. The number of thiazole rings is 1. The lowest BCUT2D eigenvalue weighted by Gasteiger charge is -2.17. The Morgan fingerprint density at radius 1 is 1.26 bits per heavy atom. The number of benzene rings is 1. The molecular formula is C15H17F3N4S. The molecule has 0 aliphatic rings. The first-order valence-corrected chi connectivity index (χ1v) is 7.75. The zero-order valence-corrected chi connectivity index (χ0v) is 13.6. The number of halogens is 3. The highest BCUT2D eigenvalue weighted by molar-refractivity contribution is 7.09. The molecule has 1 aromatic heterocycles. The molecule has 2 rings (SSSR count). The number of rotatable bonds is 4. The molecule has 0 aliphatic carbocycles. The van der Waals surface area contributed by atoms with Crippen molar-refractivity contribution in [1.29, 1.82) is 0 Å². The normalized spacial score (nSPS) is 12.3. The van der Waals surface area contributed by atoms with Gasteiger partial charge in [0.1, 0.15) is 5.01 Å². The summed E-state index contributed by atoms with van der Waals surface area (Å²) in [5, 5.41) is 4.42. The Kier molecular flexibility index (Phi) is 5.59. The minimum atomic E-state index is -4.40. The van der Waals surface area contributed by atoms with Crippen LogP contribution in [0.3, 0.4) is 0 Å². The first-order valence-electron chi connectivity index (χ1n) is 6.87. The van der Waals surface area contributed by atoms with E-state index in [1.165, 1.54) is 0 Å². The van der Waals surface area contributed by atoms with E-state index in [0.717, 1.165) is 22.3 Å². The summed E-state index contributed by atoms with van der Waals surface area (Å²) in [6.07, 6.45) is -4.40. The molecule has 0 aliphatic heterocycles. The Bertz CT molecular complexity index is 650. The van der Waals surface area contributed by atoms with Crippen molar-refractivity contribution in [2.24, 2.45) is 4.99 Å². The third kappa shape index (κ3) is 5.24. The highest BCUT2D eigenvalue weighted by atomic mass is 32.1. The van der Waals surface area contributed by atoms with Gasteiger partial charge in [0.2, 0.25) is 0 Å². The van der Waals surface area contributed by atoms with Crippen molar-refractivity contribution in [2.75, 3.05) is 14.1 Å². The SMILES string of the molecule is CN(C)C(=NCc1ccccc1)NCc1nc(C(F)(F)F)cs1. The molecule has 124 valence electrons. The van der Waals surface area contributed by atoms with Crippen molar-refractivity contribution >= 4 is 17.3 Å². The highest BCUT2D eigenvalue weighted by Gasteiger charge is 2.33. The van der Waals surface area contributed by atoms with Gasteiger partial charge in [0.05, 0.1) is 13.1 Å². The second-order valence-electron chi connectivity index (χ2n) is 5.00. The molecule has 0 fully saturated rings. The van der Waals surface area contributed by atoms with Gasteiger partial charge in [0.25, 0.3) is 0 Å². The van der Waals surface area contributed by atoms with Crippen molar-refractivity contribution in [3.63, 3.8) is 0 Å². The van der Waals surface area contributed by atoms with Gasteiger partial charge in [0.15, 0.2) is 11.7 Å². The molecule has 0 bridgehead atoms. The summed E-state index contributed by atoms with van der Waals surface area (Å²) >= 11 is 0.977. The number of nitrogens with one attached hydrogen (secondary N) is 1. The number of nitrogens with zero attached hydrogens (tertiary/aromatic N) is 3. The number of aliphatic imine (C=N–C) groups is 1. The smallest absolute Gasteiger partial charge is 0.350 e. The van der Waals surface area contributed by atoms with E-state index in [0.29, 0.717) is 17.5 Å². The van der Waals surface area contributed by atoms with Crippen LogP contribution in [-0.2, 0) is 19.3 Å². The maximum absolute atomic E-state index is 12.5. The highest BCUT2D eigenvalue weighted by Crippen LogP contribution is 2.29. The Balaban J connectivity index is 1.98. The molecule has 2 aromatic rings. The average molecular weight is 342 g/mol. The first-order chi connectivity index (χ1) is 10.9. The molecule has 0 saturated heterocycles. The van der Waals surface area contributed by atoms with E-state index in [1.807, 2.05) is 44.4 Å². The Morgan fingerprint density at radius 2 is 1.96 bits per heavy atom. The Morgan fingerprint density at radius 3 is 2.52 bits per heavy atom. The fraction of sp³-hybridized carbons (Fsp3) is 0.333. The summed E-state index contributed by atoms with van der Waals surface area (Å²) in [7, 11) is 3.64. The van der Waals surface area contributed by atoms with Crippen LogP contribution in [0.1, 0.15) is 16.3 Å². The van der Waals surface area contributed by atoms with Gasteiger partial charge < -0.3 is 10.2 Å². The second kappa shape index (κ2) is 7.45. The molecule has 0 spiro atoms. The van der Waals surface area contributed by atoms with Gasteiger partial charge in [-0.2, -0.15) is 13.2 Å². The van der Waals surface area contributed by atoms with E-state index in [9.17, 15) is 13.2 Å². The minimum Gasteiger partial charge on any atom is -0.350 e. The van der Waals surface area contributed by atoms with Crippen LogP contribution in [0.15, 0.2) is 40.7 Å². The largest absolute Gasteiger partial charge is 0.434 e. The number of hydrogen-bond acceptors (Lipinski definition) is 3. The van der Waals surface area contributed by atoms with Crippen LogP contribution in [0, 0.1) is 0 Å². The zero-order valence-electron chi connectivity index (χ0n) is 12.8. The van der Waals surface area contributed by atoms with Crippen LogP contribution in [0.25, 0.3) is 0 Å². The van der Waals surface area contributed by atoms with E-state index in [1.54, 1.807) is 4.90 Å². The van der Waals surface area contributed by atoms with Crippen molar-refractivity contribution < 1.29 is 13.2 Å². The van der Waals surface area contributed by atoms with Gasteiger partial charge in [-0.3, -0.25) is 0 Å². The van der Waals surface area contributed by atoms with Crippen LogP contribution in [0.5, 0.6) is 0 Å². The summed E-state index contributed by atoms with van der Waals surface area (Å²) in [4.78, 5) is 9.82. The summed E-state index contributed by atoms with van der Waals surface area (Å²) < 4.78 is 37.6. The molecule has 23 heavy (non-hydrogen) atoms. The summed E-state index contributed by atoms with van der Waals surface area (Å²) in [5.74, 6) is 0.595. The number of hydrogen-bond donors (Lipinski definition) is 1. The maximum Gasteiger partial charge on any atom is 0.434 e. The van der Waals surface area contributed by atoms with Gasteiger partial charge in [-0.05, 0) is 5.56 Å². The van der Waals surface area contributed by atoms with Crippen molar-refractivity contribution in [3.05, 3.63) is 52.0 Å². The molecule has 0 radical (unpaired) electrons. The van der Waals surface area contributed by atoms with Gasteiger partial charge >= 0.3 is 6.18 Å². The van der Waals surface area contributed by atoms with Crippen LogP contribution in [-0.4, -0.2) is 29.9 Å². The number of guanidine groups is 1. The molecular weight excluding hydrogens is 325 g/mol. The Labute approximate surface area is 136 Å². The predicted molar refractivity (Wildman–Crippen MR) is 85.2 cm³/mol. The van der Waals surface area contributed by atoms with Crippen molar-refractivity contribution in [3.8, 4) is 0 Å². The predicted octanol–water partition coefficient (Wildman–Crippen LogP) is 3.37.